The van der Waals surface area contributed by atoms with E-state index >= 15 is 0 Å². The Kier molecular flexibility index (Phi) is 45.0. The molecule has 1 fully saturated rings. The molecule has 53 heteroatoms. The van der Waals surface area contributed by atoms with E-state index in [1.165, 1.54) is 67.5 Å². The van der Waals surface area contributed by atoms with Gasteiger partial charge in [-0.2, -0.15) is 0 Å². The second-order valence-corrected chi connectivity index (χ2v) is 30.5. The number of H-pyrrole nitrogens is 4. The van der Waals surface area contributed by atoms with Gasteiger partial charge in [0.15, 0.2) is 44.9 Å². The number of carbonyl (C=O) groups excluding carboxylic acids is 7. The van der Waals surface area contributed by atoms with Crippen molar-refractivity contribution in [2.24, 2.45) is 21.8 Å². The van der Waals surface area contributed by atoms with Crippen molar-refractivity contribution >= 4 is 192 Å². The number of aliphatic hydroxyl groups excluding tert-OH is 2. The molecule has 6 aromatic heterocycles. The zero-order chi connectivity index (χ0) is 93.5. The predicted molar refractivity (Wildman–Crippen MR) is 462 cm³/mol. The van der Waals surface area contributed by atoms with Gasteiger partial charge in [-0.15, -0.1) is 20.4 Å². The number of Topliss-reactive ketones (excluding diaryl/α,β-unsaturated/α-hetero) is 5. The molecule has 682 valence electrons. The maximum absolute atomic E-state index is 12.2. The summed E-state index contributed by atoms with van der Waals surface area (Å²) in [5.41, 5.74) is 9.71. The molecule has 0 aliphatic carbocycles. The Morgan fingerprint density at radius 1 is 0.481 bits per heavy atom. The second kappa shape index (κ2) is 53.4. The average molecular weight is 2010 g/mol. The molecule has 4 unspecified atom stereocenters. The molecule has 0 amide bonds. The Bertz CT molecular complexity index is 5930. The van der Waals surface area contributed by atoms with Crippen LogP contribution in [0.25, 0.3) is 0 Å². The maximum atomic E-state index is 12.2. The Morgan fingerprint density at radius 2 is 0.798 bits per heavy atom. The van der Waals surface area contributed by atoms with E-state index in [4.69, 9.17) is 172 Å². The largest absolute Gasteiger partial charge is 1.00 e. The van der Waals surface area contributed by atoms with Gasteiger partial charge in [0.1, 0.15) is 13.1 Å². The van der Waals surface area contributed by atoms with E-state index in [0.717, 1.165) is 25.2 Å². The van der Waals surface area contributed by atoms with Crippen molar-refractivity contribution in [2.45, 2.75) is 85.0 Å². The number of ether oxygens (including phenoxy) is 6. The summed E-state index contributed by atoms with van der Waals surface area (Å²) in [6.07, 6.45) is 5.97. The fraction of sp³-hybridized carbons (Fsp3) is 0.289. The Hall–Kier alpha value is -10.8. The number of rotatable bonds is 26. The van der Waals surface area contributed by atoms with E-state index in [0.29, 0.717) is 66.5 Å². The minimum atomic E-state index is -0.846. The number of aromatic amines is 4. The zero-order valence-electron chi connectivity index (χ0n) is 67.6. The molecule has 0 bridgehead atoms. The number of aromatic nitrogens is 12. The summed E-state index contributed by atoms with van der Waals surface area (Å²) in [7, 11) is 0. The standard InChI is InChI=1S/C19H15Cl2N3O7.C18H15Cl2N3O6.C17H13Cl3N4O5.C14H14Cl3N3O.C4H8O.C3HClN2O3.CH2O2.Li.H2O/c1-9(7-29-8-25)11-5-16(22-6-15(11)27)30-17-12(20)2-10(3-13(17)21)4-14(26)18-23-19(28)31-24-18;1-8(7-24)10-5-15(21-6-14(10)26)28-16-11(19)2-9(3-12(16)20)4-13(25)17-22-18(27)29-23-17;1-7(6-25)9-5-13(22-23-15(9)20)28-14-10(18)2-8(3-11(14)19)4-12(26)16-21-17(27)29-24-16;1-3-7(2)9-6-12(19-20-14(9)17)21-13-10(15)4-8(18)5-11(13)16;1-2-4-5-3-1;4-1(7)2-5-3(8)9-6-2;2-1-3;;/h2-3,5,8-9H,4,6-7H2,1H3,(H,23,24,28);2-3,5,8,24H,4,6-7H2,1H3,(H,22,23,27);2-3,5,7,25H,4,6H2,1H3,(H,21,24,27);4-7H,3,18H2,1-2H3;1-4H2;(H,5,6,8);1H,(H,2,3);;1H2/q;;;;;;;+1;/p-1. The molecule has 0 radical (unpaired) electrons. The molecule has 9 heterocycles. The molecule has 4 aromatic carbocycles. The van der Waals surface area contributed by atoms with Gasteiger partial charge in [0.05, 0.1) is 46.8 Å². The van der Waals surface area contributed by atoms with E-state index in [1.807, 2.05) is 4.98 Å². The number of anilines is 1. The van der Waals surface area contributed by atoms with Crippen molar-refractivity contribution in [3.05, 3.63) is 228 Å². The first kappa shape index (κ1) is 109. The maximum Gasteiger partial charge on any atom is 1.00 e. The molecule has 3 aliphatic rings. The average Bonchev–Trinajstić information content (AvgIpc) is 1.29. The predicted octanol–water partition coefficient (Wildman–Crippen LogP) is 10.0. The minimum absolute atomic E-state index is 0. The van der Waals surface area contributed by atoms with Crippen molar-refractivity contribution in [3.8, 4) is 34.8 Å². The van der Waals surface area contributed by atoms with Crippen molar-refractivity contribution < 1.29 is 125 Å². The summed E-state index contributed by atoms with van der Waals surface area (Å²) < 4.78 is 49.1. The van der Waals surface area contributed by atoms with Crippen molar-refractivity contribution in [2.75, 3.05) is 51.9 Å². The molecular formula is C76H69Cl11LiN15O26. The normalized spacial score (nSPS) is 13.2. The van der Waals surface area contributed by atoms with Crippen LogP contribution in [0.4, 0.5) is 5.69 Å². The van der Waals surface area contributed by atoms with Gasteiger partial charge in [0.25, 0.3) is 18.2 Å². The third kappa shape index (κ3) is 33.3. The molecular weight excluding hydrogens is 1940 g/mol. The number of carbonyl (C=O) groups is 8. The number of nitrogen functional groups attached to an aromatic ring is 1. The summed E-state index contributed by atoms with van der Waals surface area (Å²) in [5, 5.41) is 54.9. The molecule has 13 rings (SSSR count). The summed E-state index contributed by atoms with van der Waals surface area (Å²) in [4.78, 5) is 149. The van der Waals surface area contributed by atoms with Crippen molar-refractivity contribution in [1.82, 2.24) is 61.0 Å². The number of hydrogen-bond acceptors (Lipinski definition) is 36. The molecule has 1 saturated heterocycles. The first-order chi connectivity index (χ1) is 60.4. The number of ketones is 5. The van der Waals surface area contributed by atoms with E-state index in [9.17, 15) is 63.0 Å². The molecule has 3 aliphatic heterocycles. The number of hydrogen-bond donors (Lipinski definition) is 8. The first-order valence-electron chi connectivity index (χ1n) is 36.4. The van der Waals surface area contributed by atoms with Crippen molar-refractivity contribution in [1.29, 1.82) is 0 Å². The van der Waals surface area contributed by atoms with Crippen LogP contribution in [0, 0.1) is 11.8 Å². The monoisotopic (exact) mass is 2000 g/mol. The molecule has 10 aromatic rings. The van der Waals surface area contributed by atoms with Gasteiger partial charge in [0.2, 0.25) is 64.2 Å². The van der Waals surface area contributed by atoms with Crippen LogP contribution in [-0.4, -0.2) is 187 Å². The SMILES string of the molecule is C1CCOC1.CC(CO)C1=CC(Oc2c(Cl)cc(CC(=O)c3noc(=O)[nH]3)cc2Cl)=NCC1=O.CC(CO)c1cc(Oc2c(Cl)cc(CC(=O)c3noc(=O)[nH]3)cc2Cl)nnc1Cl.CC(COC=O)C1=CC(Oc2c(Cl)cc(CC(=O)c3noc(=O)[nH]3)cc2Cl)=NCC1=O.CCC(C)c1cc(Oc2c(Cl)cc(N)cc2Cl)nnc1Cl.O=C(Cl)c1noc(=O)[nH]1.O=CO.[Li+].[OH-]. The Balaban J connectivity index is 0.000000286. The number of benzene rings is 4. The molecule has 0 saturated carbocycles. The summed E-state index contributed by atoms with van der Waals surface area (Å²) in [6.45, 7) is 10.8. The van der Waals surface area contributed by atoms with E-state index in [-0.39, 0.29) is 218 Å². The van der Waals surface area contributed by atoms with E-state index in [2.05, 4.69) is 97.9 Å². The molecule has 41 nitrogen and oxygen atoms in total. The number of dihydropyridines is 2. The van der Waals surface area contributed by atoms with Gasteiger partial charge in [-0.05, 0) is 108 Å². The number of halogens is 11. The van der Waals surface area contributed by atoms with Crippen LogP contribution in [0.15, 0.2) is 131 Å². The van der Waals surface area contributed by atoms with E-state index in [1.54, 1.807) is 39.0 Å². The van der Waals surface area contributed by atoms with Gasteiger partial charge in [-0.3, -0.25) is 76.4 Å². The minimum Gasteiger partial charge on any atom is -0.870 e. The number of aliphatic imine (C=N–C) groups is 2. The van der Waals surface area contributed by atoms with Gasteiger partial charge >= 0.3 is 41.9 Å². The van der Waals surface area contributed by atoms with Gasteiger partial charge in [0, 0.05) is 110 Å². The molecule has 10 N–H and O–H groups in total. The number of carboxylic acid groups (broad SMARTS) is 1. The van der Waals surface area contributed by atoms with E-state index < -0.39 is 45.6 Å². The van der Waals surface area contributed by atoms with Gasteiger partial charge in [-0.1, -0.05) is 171 Å². The van der Waals surface area contributed by atoms with Gasteiger partial charge in [-0.25, -0.2) is 29.2 Å². The Morgan fingerprint density at radius 3 is 1.09 bits per heavy atom. The first-order valence-corrected chi connectivity index (χ1v) is 40.5. The van der Waals surface area contributed by atoms with Crippen LogP contribution in [0.3, 0.4) is 0 Å². The molecule has 0 spiro atoms. The Labute approximate surface area is 793 Å². The molecule has 129 heavy (non-hydrogen) atoms. The fourth-order valence-electron chi connectivity index (χ4n) is 10.4. The molecule has 4 atom stereocenters. The second-order valence-electron chi connectivity index (χ2n) is 26.2. The third-order valence-corrected chi connectivity index (χ3v) is 19.9. The van der Waals surface area contributed by atoms with Crippen molar-refractivity contribution in [3.63, 3.8) is 0 Å². The van der Waals surface area contributed by atoms with Crippen LogP contribution < -0.4 is 66.6 Å². The third-order valence-electron chi connectivity index (χ3n) is 16.8. The van der Waals surface area contributed by atoms with Crippen LogP contribution >= 0.6 is 128 Å². The smallest absolute Gasteiger partial charge is 0.870 e. The van der Waals surface area contributed by atoms with Crippen LogP contribution in [0.2, 0.25) is 50.5 Å². The number of aliphatic hydroxyl groups is 2. The zero-order valence-corrected chi connectivity index (χ0v) is 75.9. The fourth-order valence-corrected chi connectivity index (χ4v) is 13.4. The van der Waals surface area contributed by atoms with Crippen LogP contribution in [-0.2, 0) is 47.9 Å². The summed E-state index contributed by atoms with van der Waals surface area (Å²) in [5.74, 6) is -5.62. The quantitative estimate of drug-likeness (QED) is 0.00821. The van der Waals surface area contributed by atoms with Crippen LogP contribution in [0.5, 0.6) is 34.8 Å². The number of nitrogens with zero attached hydrogens (tertiary/aromatic N) is 10. The topological polar surface area (TPSA) is 620 Å². The number of nitrogens with two attached hydrogens (primary N) is 1. The van der Waals surface area contributed by atoms with Crippen LogP contribution in [0.1, 0.15) is 136 Å². The summed E-state index contributed by atoms with van der Waals surface area (Å²) >= 11 is 66.6. The number of nitrogens with one attached hydrogen (secondary N) is 4. The summed E-state index contributed by atoms with van der Waals surface area (Å²) in [6, 6.07) is 15.3. The van der Waals surface area contributed by atoms with Gasteiger partial charge < -0.3 is 55.0 Å².